The van der Waals surface area contributed by atoms with E-state index in [0.29, 0.717) is 43.9 Å². The first kappa shape index (κ1) is 24.1. The lowest BCUT2D eigenvalue weighted by Crippen LogP contribution is -2.55. The number of non-ortho nitro benzene ring substituents is 1. The van der Waals surface area contributed by atoms with Crippen LogP contribution in [0.5, 0.6) is 0 Å². The second-order valence-corrected chi connectivity index (χ2v) is 9.07. The van der Waals surface area contributed by atoms with Crippen LogP contribution in [0.3, 0.4) is 0 Å². The van der Waals surface area contributed by atoms with Gasteiger partial charge >= 0.3 is 0 Å². The molecule has 1 aliphatic heterocycles. The normalized spacial score (nSPS) is 14.5. The van der Waals surface area contributed by atoms with Gasteiger partial charge in [0.1, 0.15) is 11.8 Å². The summed E-state index contributed by atoms with van der Waals surface area (Å²) in [4.78, 5) is 44.3. The number of anilines is 1. The number of aromatic nitrogens is 1. The van der Waals surface area contributed by atoms with E-state index in [-0.39, 0.29) is 17.5 Å². The SMILES string of the molecule is Cc1occc1C(=O)N[C@@H](Cc1c[nH]c2ccccc12)C(=O)N1CCN(c2ccc([N+](=O)[O-])cc2)CC1. The van der Waals surface area contributed by atoms with Crippen LogP contribution < -0.4 is 10.2 Å². The van der Waals surface area contributed by atoms with Crippen LogP contribution in [0.15, 0.2) is 71.5 Å². The molecule has 5 rings (SSSR count). The number of aromatic amines is 1. The fourth-order valence-corrected chi connectivity index (χ4v) is 4.77. The second-order valence-electron chi connectivity index (χ2n) is 9.07. The van der Waals surface area contributed by atoms with Crippen molar-refractivity contribution in [2.75, 3.05) is 31.1 Å². The van der Waals surface area contributed by atoms with Crippen molar-refractivity contribution in [2.24, 2.45) is 0 Å². The lowest BCUT2D eigenvalue weighted by atomic mass is 10.0. The summed E-state index contributed by atoms with van der Waals surface area (Å²) in [5, 5.41) is 14.9. The fourth-order valence-electron chi connectivity index (χ4n) is 4.77. The zero-order valence-electron chi connectivity index (χ0n) is 20.3. The van der Waals surface area contributed by atoms with Crippen molar-refractivity contribution in [3.8, 4) is 0 Å². The molecule has 10 nitrogen and oxygen atoms in total. The number of hydrogen-bond donors (Lipinski definition) is 2. The Bertz CT molecular complexity index is 1430. The molecule has 1 fully saturated rings. The molecule has 0 aliphatic carbocycles. The minimum Gasteiger partial charge on any atom is -0.469 e. The molecule has 1 saturated heterocycles. The molecular weight excluding hydrogens is 474 g/mol. The van der Waals surface area contributed by atoms with E-state index < -0.39 is 11.0 Å². The molecule has 10 heteroatoms. The van der Waals surface area contributed by atoms with E-state index in [9.17, 15) is 19.7 Å². The number of nitrogens with zero attached hydrogens (tertiary/aromatic N) is 3. The Labute approximate surface area is 213 Å². The summed E-state index contributed by atoms with van der Waals surface area (Å²) < 4.78 is 5.28. The molecule has 3 heterocycles. The molecule has 4 aromatic rings. The molecule has 1 aliphatic rings. The minimum atomic E-state index is -0.757. The maximum Gasteiger partial charge on any atom is 0.269 e. The molecule has 0 spiro atoms. The number of nitro groups is 1. The first-order chi connectivity index (χ1) is 17.9. The van der Waals surface area contributed by atoms with E-state index >= 15 is 0 Å². The van der Waals surface area contributed by atoms with Crippen molar-refractivity contribution in [2.45, 2.75) is 19.4 Å². The van der Waals surface area contributed by atoms with Gasteiger partial charge in [-0.15, -0.1) is 0 Å². The van der Waals surface area contributed by atoms with Crippen molar-refractivity contribution in [1.82, 2.24) is 15.2 Å². The van der Waals surface area contributed by atoms with E-state index in [1.807, 2.05) is 30.5 Å². The van der Waals surface area contributed by atoms with Crippen molar-refractivity contribution in [3.05, 3.63) is 94.1 Å². The number of carbonyl (C=O) groups excluding carboxylic acids is 2. The van der Waals surface area contributed by atoms with Crippen molar-refractivity contribution in [3.63, 3.8) is 0 Å². The van der Waals surface area contributed by atoms with Gasteiger partial charge < -0.3 is 24.5 Å². The highest BCUT2D eigenvalue weighted by atomic mass is 16.6. The maximum absolute atomic E-state index is 13.7. The van der Waals surface area contributed by atoms with Gasteiger partial charge in [-0.3, -0.25) is 19.7 Å². The molecule has 2 amide bonds. The smallest absolute Gasteiger partial charge is 0.269 e. The predicted octanol–water partition coefficient (Wildman–Crippen LogP) is 3.67. The van der Waals surface area contributed by atoms with Gasteiger partial charge in [0.05, 0.1) is 16.7 Å². The second kappa shape index (κ2) is 10.2. The molecule has 0 saturated carbocycles. The Morgan fingerprint density at radius 3 is 2.49 bits per heavy atom. The average molecular weight is 502 g/mol. The monoisotopic (exact) mass is 501 g/mol. The fraction of sp³-hybridized carbons (Fsp3) is 0.259. The lowest BCUT2D eigenvalue weighted by Gasteiger charge is -2.37. The van der Waals surface area contributed by atoms with Crippen LogP contribution in [0, 0.1) is 17.0 Å². The van der Waals surface area contributed by atoms with Gasteiger partial charge in [-0.2, -0.15) is 0 Å². The van der Waals surface area contributed by atoms with Gasteiger partial charge in [0.15, 0.2) is 0 Å². The third kappa shape index (κ3) is 5.04. The average Bonchev–Trinajstić information content (AvgIpc) is 3.54. The number of H-pyrrole nitrogens is 1. The summed E-state index contributed by atoms with van der Waals surface area (Å²) in [6, 6.07) is 15.1. The number of nitro benzene ring substituents is 1. The van der Waals surface area contributed by atoms with Gasteiger partial charge in [-0.05, 0) is 36.8 Å². The lowest BCUT2D eigenvalue weighted by molar-refractivity contribution is -0.384. The third-order valence-electron chi connectivity index (χ3n) is 6.82. The van der Waals surface area contributed by atoms with E-state index in [2.05, 4.69) is 15.2 Å². The molecule has 2 N–H and O–H groups in total. The molecule has 37 heavy (non-hydrogen) atoms. The topological polar surface area (TPSA) is 125 Å². The summed E-state index contributed by atoms with van der Waals surface area (Å²) in [7, 11) is 0. The van der Waals surface area contributed by atoms with E-state index in [4.69, 9.17) is 4.42 Å². The van der Waals surface area contributed by atoms with Crippen LogP contribution in [-0.4, -0.2) is 58.8 Å². The van der Waals surface area contributed by atoms with E-state index in [1.54, 1.807) is 30.0 Å². The zero-order valence-corrected chi connectivity index (χ0v) is 20.3. The number of fused-ring (bicyclic) bond motifs is 1. The van der Waals surface area contributed by atoms with Crippen LogP contribution in [0.25, 0.3) is 10.9 Å². The summed E-state index contributed by atoms with van der Waals surface area (Å²) in [5.41, 5.74) is 3.23. The number of para-hydroxylation sites is 1. The molecule has 190 valence electrons. The number of piperazine rings is 1. The largest absolute Gasteiger partial charge is 0.469 e. The predicted molar refractivity (Wildman–Crippen MR) is 139 cm³/mol. The van der Waals surface area contributed by atoms with Crippen LogP contribution in [0.4, 0.5) is 11.4 Å². The van der Waals surface area contributed by atoms with E-state index in [1.165, 1.54) is 18.4 Å². The van der Waals surface area contributed by atoms with Crippen LogP contribution in [0.2, 0.25) is 0 Å². The Morgan fingerprint density at radius 2 is 1.81 bits per heavy atom. The highest BCUT2D eigenvalue weighted by Crippen LogP contribution is 2.23. The Balaban J connectivity index is 1.32. The number of aryl methyl sites for hydroxylation is 1. The Kier molecular flexibility index (Phi) is 6.63. The molecule has 2 aromatic heterocycles. The van der Waals surface area contributed by atoms with Gasteiger partial charge in [0, 0.05) is 67.5 Å². The van der Waals surface area contributed by atoms with Crippen molar-refractivity contribution >= 4 is 34.1 Å². The zero-order chi connectivity index (χ0) is 25.9. The highest BCUT2D eigenvalue weighted by molar-refractivity contribution is 5.98. The number of rotatable bonds is 7. The van der Waals surface area contributed by atoms with Gasteiger partial charge in [0.25, 0.3) is 11.6 Å². The molecule has 0 bridgehead atoms. The Morgan fingerprint density at radius 1 is 1.08 bits per heavy atom. The van der Waals surface area contributed by atoms with Crippen molar-refractivity contribution in [1.29, 1.82) is 0 Å². The number of nitrogens with one attached hydrogen (secondary N) is 2. The number of carbonyl (C=O) groups is 2. The summed E-state index contributed by atoms with van der Waals surface area (Å²) in [6.45, 7) is 3.82. The van der Waals surface area contributed by atoms with Gasteiger partial charge in [-0.1, -0.05) is 18.2 Å². The molecule has 2 aromatic carbocycles. The van der Waals surface area contributed by atoms with Crippen molar-refractivity contribution < 1.29 is 18.9 Å². The third-order valence-corrected chi connectivity index (χ3v) is 6.82. The number of furan rings is 1. The van der Waals surface area contributed by atoms with Crippen LogP contribution >= 0.6 is 0 Å². The Hall–Kier alpha value is -4.60. The molecule has 1 atom stereocenters. The molecule has 0 radical (unpaired) electrons. The maximum atomic E-state index is 13.7. The first-order valence-corrected chi connectivity index (χ1v) is 12.1. The number of benzene rings is 2. The van der Waals surface area contributed by atoms with Gasteiger partial charge in [-0.25, -0.2) is 0 Å². The summed E-state index contributed by atoms with van der Waals surface area (Å²) in [6.07, 6.45) is 3.68. The number of amides is 2. The molecular formula is C27H27N5O5. The summed E-state index contributed by atoms with van der Waals surface area (Å²) >= 11 is 0. The standard InChI is InChI=1S/C27H27N5O5/c1-18-22(10-15-37-18)26(33)29-25(16-19-17-28-24-5-3-2-4-23(19)24)27(34)31-13-11-30(12-14-31)20-6-8-21(9-7-20)32(35)36/h2-10,15,17,25,28H,11-14,16H2,1H3,(H,29,33)/t25-/m0/s1. The summed E-state index contributed by atoms with van der Waals surface area (Å²) in [5.74, 6) is -0.00964. The molecule has 0 unspecified atom stereocenters. The van der Waals surface area contributed by atoms with Crippen LogP contribution in [0.1, 0.15) is 21.7 Å². The quantitative estimate of drug-likeness (QED) is 0.294. The number of hydrogen-bond acceptors (Lipinski definition) is 6. The van der Waals surface area contributed by atoms with Crippen LogP contribution in [-0.2, 0) is 11.2 Å². The minimum absolute atomic E-state index is 0.0429. The van der Waals surface area contributed by atoms with Gasteiger partial charge in [0.2, 0.25) is 5.91 Å². The van der Waals surface area contributed by atoms with E-state index in [0.717, 1.165) is 22.2 Å². The first-order valence-electron chi connectivity index (χ1n) is 12.1. The highest BCUT2D eigenvalue weighted by Gasteiger charge is 2.30.